The summed E-state index contributed by atoms with van der Waals surface area (Å²) in [6.45, 7) is 5.58. The van der Waals surface area contributed by atoms with Crippen molar-refractivity contribution in [1.82, 2.24) is 9.55 Å². The van der Waals surface area contributed by atoms with Gasteiger partial charge in [0.15, 0.2) is 0 Å². The molecule has 0 N–H and O–H groups in total. The molecule has 2 heterocycles. The Morgan fingerprint density at radius 3 is 2.68 bits per heavy atom. The molecular weight excluding hydrogens is 244 g/mol. The molecule has 0 saturated heterocycles. The molecule has 0 aliphatic carbocycles. The van der Waals surface area contributed by atoms with E-state index in [0.717, 1.165) is 0 Å². The minimum atomic E-state index is -0.480. The first-order valence-electron chi connectivity index (χ1n) is 6.06. The highest BCUT2D eigenvalue weighted by Gasteiger charge is 2.14. The van der Waals surface area contributed by atoms with Gasteiger partial charge in [0.2, 0.25) is 0 Å². The van der Waals surface area contributed by atoms with Crippen molar-refractivity contribution in [2.45, 2.75) is 26.8 Å². The van der Waals surface area contributed by atoms with Crippen molar-refractivity contribution in [3.05, 3.63) is 39.9 Å². The largest absolute Gasteiger partial charge is 0.465 e. The number of aromatic nitrogens is 2. The highest BCUT2D eigenvalue weighted by molar-refractivity contribution is 5.94. The smallest absolute Gasteiger partial charge is 0.339 e. The van der Waals surface area contributed by atoms with Crippen LogP contribution in [0.2, 0.25) is 0 Å². The predicted molar refractivity (Wildman–Crippen MR) is 72.5 cm³/mol. The Hall–Kier alpha value is -2.17. The van der Waals surface area contributed by atoms with Gasteiger partial charge in [0, 0.05) is 12.2 Å². The molecule has 19 heavy (non-hydrogen) atoms. The van der Waals surface area contributed by atoms with Crippen LogP contribution in [0.1, 0.15) is 35.9 Å². The molecule has 5 heteroatoms. The van der Waals surface area contributed by atoms with E-state index in [0.29, 0.717) is 22.2 Å². The van der Waals surface area contributed by atoms with Crippen molar-refractivity contribution < 1.29 is 9.53 Å². The molecule has 2 rings (SSSR count). The Bertz CT molecular complexity index is 702. The molecule has 2 aromatic heterocycles. The van der Waals surface area contributed by atoms with Crippen LogP contribution in [-0.4, -0.2) is 22.6 Å². The molecule has 0 spiro atoms. The van der Waals surface area contributed by atoms with E-state index in [-0.39, 0.29) is 11.6 Å². The number of fused-ring (bicyclic) bond motifs is 1. The summed E-state index contributed by atoms with van der Waals surface area (Å²) in [7, 11) is 1.31. The fourth-order valence-corrected chi connectivity index (χ4v) is 2.00. The van der Waals surface area contributed by atoms with Crippen LogP contribution in [-0.2, 0) is 4.74 Å². The Balaban J connectivity index is 2.78. The molecule has 5 nitrogen and oxygen atoms in total. The minimum Gasteiger partial charge on any atom is -0.465 e. The van der Waals surface area contributed by atoms with Crippen LogP contribution in [0, 0.1) is 6.92 Å². The SMILES string of the molecule is COC(=O)c1cc2c(=O)n(C(C)C)ccc2nc1C. The van der Waals surface area contributed by atoms with Crippen LogP contribution in [0.3, 0.4) is 0 Å². The van der Waals surface area contributed by atoms with E-state index in [1.807, 2.05) is 13.8 Å². The molecule has 0 atom stereocenters. The lowest BCUT2D eigenvalue weighted by Gasteiger charge is -2.11. The van der Waals surface area contributed by atoms with Gasteiger partial charge in [0.05, 0.1) is 29.3 Å². The van der Waals surface area contributed by atoms with Gasteiger partial charge in [-0.25, -0.2) is 4.79 Å². The van der Waals surface area contributed by atoms with E-state index in [4.69, 9.17) is 4.74 Å². The quantitative estimate of drug-likeness (QED) is 0.775. The van der Waals surface area contributed by atoms with Gasteiger partial charge in [-0.3, -0.25) is 9.78 Å². The topological polar surface area (TPSA) is 61.2 Å². The number of rotatable bonds is 2. The third kappa shape index (κ3) is 2.23. The second kappa shape index (κ2) is 4.84. The Morgan fingerprint density at radius 1 is 1.42 bits per heavy atom. The Labute approximate surface area is 110 Å². The van der Waals surface area contributed by atoms with Crippen LogP contribution in [0.25, 0.3) is 10.9 Å². The molecule has 0 saturated carbocycles. The van der Waals surface area contributed by atoms with Crippen LogP contribution in [0.15, 0.2) is 23.1 Å². The predicted octanol–water partition coefficient (Wildman–Crippen LogP) is 2.07. The number of carbonyl (C=O) groups excluding carboxylic acids is 1. The zero-order valence-corrected chi connectivity index (χ0v) is 11.4. The number of pyridine rings is 2. The van der Waals surface area contributed by atoms with Crippen LogP contribution >= 0.6 is 0 Å². The fraction of sp³-hybridized carbons (Fsp3) is 0.357. The summed E-state index contributed by atoms with van der Waals surface area (Å²) in [5.41, 5.74) is 1.33. The van der Waals surface area contributed by atoms with Gasteiger partial charge >= 0.3 is 5.97 Å². The average Bonchev–Trinajstić information content (AvgIpc) is 2.37. The number of ether oxygens (including phenoxy) is 1. The molecule has 0 fully saturated rings. The van der Waals surface area contributed by atoms with Crippen molar-refractivity contribution >= 4 is 16.9 Å². The molecule has 0 radical (unpaired) electrons. The van der Waals surface area contributed by atoms with Crippen molar-refractivity contribution in [2.75, 3.05) is 7.11 Å². The fourth-order valence-electron chi connectivity index (χ4n) is 2.00. The van der Waals surface area contributed by atoms with Gasteiger partial charge in [-0.2, -0.15) is 0 Å². The second-order valence-electron chi connectivity index (χ2n) is 4.67. The molecule has 0 amide bonds. The van der Waals surface area contributed by atoms with Gasteiger partial charge < -0.3 is 9.30 Å². The number of methoxy groups -OCH3 is 1. The molecule has 0 unspecified atom stereocenters. The molecule has 0 bridgehead atoms. The summed E-state index contributed by atoms with van der Waals surface area (Å²) >= 11 is 0. The normalized spacial score (nSPS) is 11.0. The number of aryl methyl sites for hydroxylation is 1. The van der Waals surface area contributed by atoms with Crippen molar-refractivity contribution in [1.29, 1.82) is 0 Å². The maximum atomic E-state index is 12.3. The molecule has 0 aromatic carbocycles. The van der Waals surface area contributed by atoms with Crippen LogP contribution in [0.4, 0.5) is 0 Å². The maximum absolute atomic E-state index is 12.3. The summed E-state index contributed by atoms with van der Waals surface area (Å²) in [4.78, 5) is 28.2. The van der Waals surface area contributed by atoms with Crippen molar-refractivity contribution in [2.24, 2.45) is 0 Å². The van der Waals surface area contributed by atoms with E-state index in [1.54, 1.807) is 29.8 Å². The van der Waals surface area contributed by atoms with Crippen LogP contribution in [0.5, 0.6) is 0 Å². The lowest BCUT2D eigenvalue weighted by Crippen LogP contribution is -2.22. The number of hydrogen-bond acceptors (Lipinski definition) is 4. The van der Waals surface area contributed by atoms with E-state index in [2.05, 4.69) is 4.98 Å². The highest BCUT2D eigenvalue weighted by atomic mass is 16.5. The van der Waals surface area contributed by atoms with E-state index in [1.165, 1.54) is 7.11 Å². The van der Waals surface area contributed by atoms with E-state index in [9.17, 15) is 9.59 Å². The average molecular weight is 260 g/mol. The third-order valence-electron chi connectivity index (χ3n) is 3.06. The number of carbonyl (C=O) groups is 1. The summed E-state index contributed by atoms with van der Waals surface area (Å²) in [5.74, 6) is -0.480. The highest BCUT2D eigenvalue weighted by Crippen LogP contribution is 2.15. The van der Waals surface area contributed by atoms with Crippen molar-refractivity contribution in [3.63, 3.8) is 0 Å². The number of hydrogen-bond donors (Lipinski definition) is 0. The monoisotopic (exact) mass is 260 g/mol. The standard InChI is InChI=1S/C14H16N2O3/c1-8(2)16-6-5-12-11(13(16)17)7-10(9(3)15-12)14(18)19-4/h5-8H,1-4H3. The summed E-state index contributed by atoms with van der Waals surface area (Å²) in [5, 5.41) is 0.433. The van der Waals surface area contributed by atoms with Crippen LogP contribution < -0.4 is 5.56 Å². The van der Waals surface area contributed by atoms with Gasteiger partial charge in [0.25, 0.3) is 5.56 Å². The zero-order chi connectivity index (χ0) is 14.2. The van der Waals surface area contributed by atoms with E-state index < -0.39 is 5.97 Å². The number of esters is 1. The number of nitrogens with zero attached hydrogens (tertiary/aromatic N) is 2. The lowest BCUT2D eigenvalue weighted by molar-refractivity contribution is 0.0599. The van der Waals surface area contributed by atoms with Gasteiger partial charge in [-0.15, -0.1) is 0 Å². The Morgan fingerprint density at radius 2 is 2.11 bits per heavy atom. The lowest BCUT2D eigenvalue weighted by atomic mass is 10.1. The minimum absolute atomic E-state index is 0.0554. The first-order chi connectivity index (χ1) is 8.95. The summed E-state index contributed by atoms with van der Waals surface area (Å²) < 4.78 is 6.31. The first-order valence-corrected chi connectivity index (χ1v) is 6.06. The van der Waals surface area contributed by atoms with E-state index >= 15 is 0 Å². The van der Waals surface area contributed by atoms with Gasteiger partial charge in [0.1, 0.15) is 0 Å². The molecule has 2 aromatic rings. The van der Waals surface area contributed by atoms with Gasteiger partial charge in [-0.1, -0.05) is 0 Å². The Kier molecular flexibility index (Phi) is 3.38. The summed E-state index contributed by atoms with van der Waals surface area (Å²) in [6.07, 6.45) is 1.72. The molecule has 100 valence electrons. The molecular formula is C14H16N2O3. The third-order valence-corrected chi connectivity index (χ3v) is 3.06. The first kappa shape index (κ1) is 13.3. The maximum Gasteiger partial charge on any atom is 0.339 e. The van der Waals surface area contributed by atoms with Gasteiger partial charge in [-0.05, 0) is 32.9 Å². The summed E-state index contributed by atoms with van der Waals surface area (Å²) in [6, 6.07) is 3.40. The molecule has 0 aliphatic rings. The zero-order valence-electron chi connectivity index (χ0n) is 11.4. The molecule has 0 aliphatic heterocycles. The second-order valence-corrected chi connectivity index (χ2v) is 4.67. The van der Waals surface area contributed by atoms with Crippen molar-refractivity contribution in [3.8, 4) is 0 Å².